The highest BCUT2D eigenvalue weighted by Crippen LogP contribution is 2.34. The van der Waals surface area contributed by atoms with E-state index in [2.05, 4.69) is 17.9 Å². The topological polar surface area (TPSA) is 32.7 Å². The van der Waals surface area contributed by atoms with Gasteiger partial charge in [-0.2, -0.15) is 0 Å². The molecule has 0 bridgehead atoms. The van der Waals surface area contributed by atoms with Gasteiger partial charge in [-0.15, -0.1) is 0 Å². The van der Waals surface area contributed by atoms with E-state index in [1.54, 1.807) is 7.11 Å². The van der Waals surface area contributed by atoms with Gasteiger partial charge < -0.3 is 9.84 Å². The fraction of sp³-hybridized carbons (Fsp3) is 0.308. The van der Waals surface area contributed by atoms with Gasteiger partial charge in [0.2, 0.25) is 0 Å². The summed E-state index contributed by atoms with van der Waals surface area (Å²) in [5, 5.41) is 13.5. The molecular weight excluding hydrogens is 413 g/mol. The number of halogens is 2. The number of aliphatic hydroxyl groups excluding tert-OH is 1. The molecule has 162 valence electrons. The summed E-state index contributed by atoms with van der Waals surface area (Å²) in [5.74, 6) is 0.442. The lowest BCUT2D eigenvalue weighted by molar-refractivity contribution is 0.0624. The van der Waals surface area contributed by atoms with E-state index in [0.29, 0.717) is 10.8 Å². The summed E-state index contributed by atoms with van der Waals surface area (Å²) in [4.78, 5) is 2.30. The Morgan fingerprint density at radius 3 is 2.58 bits per heavy atom. The lowest BCUT2D eigenvalue weighted by atomic mass is 9.95. The number of nitrogens with zero attached hydrogens (tertiary/aromatic N) is 1. The minimum absolute atomic E-state index is 0.0187. The summed E-state index contributed by atoms with van der Waals surface area (Å²) < 4.78 is 18.4. The van der Waals surface area contributed by atoms with Gasteiger partial charge in [0.1, 0.15) is 11.6 Å². The van der Waals surface area contributed by atoms with Crippen molar-refractivity contribution in [3.63, 3.8) is 0 Å². The van der Waals surface area contributed by atoms with Gasteiger partial charge in [0.05, 0.1) is 18.2 Å². The zero-order chi connectivity index (χ0) is 22.0. The molecule has 1 aliphatic heterocycles. The molecule has 0 aromatic heterocycles. The molecule has 5 heteroatoms. The smallest absolute Gasteiger partial charge is 0.138 e. The van der Waals surface area contributed by atoms with E-state index in [9.17, 15) is 9.50 Å². The minimum atomic E-state index is -0.600. The molecule has 1 N–H and O–H groups in total. The van der Waals surface area contributed by atoms with Crippen molar-refractivity contribution in [2.24, 2.45) is 0 Å². The first-order valence-corrected chi connectivity index (χ1v) is 10.9. The van der Waals surface area contributed by atoms with Crippen LogP contribution in [0.2, 0.25) is 5.02 Å². The van der Waals surface area contributed by atoms with Gasteiger partial charge >= 0.3 is 0 Å². The molecule has 2 atom stereocenters. The van der Waals surface area contributed by atoms with Crippen molar-refractivity contribution < 1.29 is 14.2 Å². The van der Waals surface area contributed by atoms with E-state index in [-0.39, 0.29) is 11.9 Å². The third-order valence-electron chi connectivity index (χ3n) is 6.22. The van der Waals surface area contributed by atoms with Crippen LogP contribution in [0.3, 0.4) is 0 Å². The molecule has 3 nitrogen and oxygen atoms in total. The Balaban J connectivity index is 1.44. The number of hydrogen-bond donors (Lipinski definition) is 1. The van der Waals surface area contributed by atoms with E-state index in [1.807, 2.05) is 42.5 Å². The van der Waals surface area contributed by atoms with Crippen molar-refractivity contribution in [1.29, 1.82) is 0 Å². The summed E-state index contributed by atoms with van der Waals surface area (Å²) in [6, 6.07) is 16.4. The minimum Gasteiger partial charge on any atom is -0.495 e. The number of hydrogen-bond acceptors (Lipinski definition) is 3. The number of fused-ring (bicyclic) bond motifs is 1. The van der Waals surface area contributed by atoms with Gasteiger partial charge in [0.15, 0.2) is 0 Å². The van der Waals surface area contributed by atoms with E-state index < -0.39 is 6.10 Å². The molecule has 3 aromatic carbocycles. The lowest BCUT2D eigenvalue weighted by Gasteiger charge is -2.34. The van der Waals surface area contributed by atoms with E-state index in [1.165, 1.54) is 17.7 Å². The molecule has 3 aromatic rings. The molecule has 0 aliphatic carbocycles. The SMILES string of the molecule is COc1ccc2cc([C@@H](O)[C@@H](C)N3CC=C(Cc4ccc(F)cc4)CC3)ccc2c1Cl. The van der Waals surface area contributed by atoms with Crippen molar-refractivity contribution in [2.45, 2.75) is 31.9 Å². The zero-order valence-corrected chi connectivity index (χ0v) is 18.6. The van der Waals surface area contributed by atoms with Crippen LogP contribution in [0.4, 0.5) is 4.39 Å². The van der Waals surface area contributed by atoms with Crippen LogP contribution in [0.5, 0.6) is 5.75 Å². The van der Waals surface area contributed by atoms with Gasteiger partial charge in [-0.1, -0.05) is 53.6 Å². The Kier molecular flexibility index (Phi) is 6.61. The maximum atomic E-state index is 13.1. The van der Waals surface area contributed by atoms with Crippen molar-refractivity contribution in [2.75, 3.05) is 20.2 Å². The quantitative estimate of drug-likeness (QED) is 0.482. The normalized spacial score (nSPS) is 16.7. The van der Waals surface area contributed by atoms with Crippen molar-refractivity contribution >= 4 is 22.4 Å². The summed E-state index contributed by atoms with van der Waals surface area (Å²) in [6.45, 7) is 3.75. The zero-order valence-electron chi connectivity index (χ0n) is 17.8. The maximum Gasteiger partial charge on any atom is 0.138 e. The second-order valence-electron chi connectivity index (χ2n) is 8.16. The third kappa shape index (κ3) is 4.77. The number of aliphatic hydroxyl groups is 1. The predicted molar refractivity (Wildman–Crippen MR) is 124 cm³/mol. The van der Waals surface area contributed by atoms with Crippen LogP contribution >= 0.6 is 11.6 Å². The summed E-state index contributed by atoms with van der Waals surface area (Å²) in [5.41, 5.74) is 3.36. The molecule has 0 saturated carbocycles. The Bertz CT molecular complexity index is 1100. The fourth-order valence-corrected chi connectivity index (χ4v) is 4.54. The van der Waals surface area contributed by atoms with Crippen LogP contribution < -0.4 is 4.74 Å². The summed E-state index contributed by atoms with van der Waals surface area (Å²) in [7, 11) is 1.60. The Hall–Kier alpha value is -2.40. The number of ether oxygens (including phenoxy) is 1. The highest BCUT2D eigenvalue weighted by molar-refractivity contribution is 6.37. The van der Waals surface area contributed by atoms with Crippen LogP contribution in [0.25, 0.3) is 10.8 Å². The predicted octanol–water partition coefficient (Wildman–Crippen LogP) is 5.94. The Morgan fingerprint density at radius 1 is 1.13 bits per heavy atom. The first kappa shape index (κ1) is 21.8. The van der Waals surface area contributed by atoms with Crippen LogP contribution in [0.1, 0.15) is 30.6 Å². The Morgan fingerprint density at radius 2 is 1.90 bits per heavy atom. The average molecular weight is 440 g/mol. The molecule has 1 aliphatic rings. The van der Waals surface area contributed by atoms with Gasteiger partial charge in [-0.25, -0.2) is 4.39 Å². The van der Waals surface area contributed by atoms with Gasteiger partial charge in [0, 0.05) is 24.5 Å². The van der Waals surface area contributed by atoms with E-state index >= 15 is 0 Å². The molecule has 0 radical (unpaired) electrons. The lowest BCUT2D eigenvalue weighted by Crippen LogP contribution is -2.40. The number of methoxy groups -OCH3 is 1. The van der Waals surface area contributed by atoms with Crippen molar-refractivity contribution in [1.82, 2.24) is 4.90 Å². The second kappa shape index (κ2) is 9.39. The van der Waals surface area contributed by atoms with Crippen molar-refractivity contribution in [3.05, 3.63) is 88.2 Å². The van der Waals surface area contributed by atoms with Crippen LogP contribution in [0, 0.1) is 5.82 Å². The molecule has 31 heavy (non-hydrogen) atoms. The van der Waals surface area contributed by atoms with E-state index in [0.717, 1.165) is 47.8 Å². The van der Waals surface area contributed by atoms with Crippen LogP contribution in [-0.4, -0.2) is 36.2 Å². The first-order valence-electron chi connectivity index (χ1n) is 10.6. The fourth-order valence-electron chi connectivity index (χ4n) is 4.23. The van der Waals surface area contributed by atoms with Gasteiger partial charge in [0.25, 0.3) is 0 Å². The first-order chi connectivity index (χ1) is 15.0. The second-order valence-corrected chi connectivity index (χ2v) is 8.54. The summed E-state index contributed by atoms with van der Waals surface area (Å²) >= 11 is 6.42. The molecule has 0 unspecified atom stereocenters. The standard InChI is InChI=1S/C26H27ClFNO2/c1-17(29-13-11-19(12-14-29)15-18-3-7-22(28)8-4-18)26(30)21-5-9-23-20(16-21)6-10-24(31-2)25(23)27/h3-11,16-17,26,30H,12-15H2,1-2H3/t17-,26+/m1/s1. The molecular formula is C26H27ClFNO2. The molecule has 1 heterocycles. The Labute approximate surface area is 187 Å². The third-order valence-corrected chi connectivity index (χ3v) is 6.61. The van der Waals surface area contributed by atoms with Crippen molar-refractivity contribution in [3.8, 4) is 5.75 Å². The molecule has 4 rings (SSSR count). The molecule has 0 spiro atoms. The number of rotatable bonds is 6. The maximum absolute atomic E-state index is 13.1. The molecule has 0 amide bonds. The van der Waals surface area contributed by atoms with Crippen LogP contribution in [0.15, 0.2) is 66.2 Å². The van der Waals surface area contributed by atoms with Gasteiger partial charge in [-0.05, 0) is 60.5 Å². The largest absolute Gasteiger partial charge is 0.495 e. The monoisotopic (exact) mass is 439 g/mol. The molecule has 0 saturated heterocycles. The highest BCUT2D eigenvalue weighted by Gasteiger charge is 2.25. The highest BCUT2D eigenvalue weighted by atomic mass is 35.5. The van der Waals surface area contributed by atoms with Crippen LogP contribution in [-0.2, 0) is 6.42 Å². The van der Waals surface area contributed by atoms with Gasteiger partial charge in [-0.3, -0.25) is 4.90 Å². The average Bonchev–Trinajstić information content (AvgIpc) is 2.80. The molecule has 0 fully saturated rings. The summed E-state index contributed by atoms with van der Waals surface area (Å²) in [6.07, 6.45) is 3.43. The van der Waals surface area contributed by atoms with E-state index in [4.69, 9.17) is 16.3 Å². The number of benzene rings is 3.